The number of ether oxygens (including phenoxy) is 1. The first kappa shape index (κ1) is 29.8. The average molecular weight is 623 g/mol. The molecule has 3 atom stereocenters. The molecule has 1 aliphatic rings. The standard InChI is InChI=1S/C21H22N10O9S2/c22-17(23)10-1-3-11(4-2-10)39-6-14(20(34)35)40-29-15(12-7-41-21(24)27-12)18(32)28-16-13(5-30-9-25-8-26-30)31(19(16)33)42(36,37)38/h1-4,7-9,13-14,16H,5-6H2,(H3,22,23)(H2,24,27)(H,28,32)(H,34,35)(H,36,37,38). The molecule has 1 fully saturated rings. The number of benzene rings is 1. The third kappa shape index (κ3) is 6.76. The van der Waals surface area contributed by atoms with E-state index in [1.54, 1.807) is 0 Å². The van der Waals surface area contributed by atoms with Gasteiger partial charge >= 0.3 is 16.3 Å². The molecule has 0 bridgehead atoms. The minimum atomic E-state index is -4.98. The molecule has 21 heteroatoms. The molecule has 4 rings (SSSR count). The number of aromatic nitrogens is 4. The molecule has 3 unspecified atom stereocenters. The molecule has 3 heterocycles. The largest absolute Gasteiger partial charge is 0.489 e. The van der Waals surface area contributed by atoms with Crippen LogP contribution in [0.3, 0.4) is 0 Å². The molecular formula is C21H22N10O9S2. The van der Waals surface area contributed by atoms with Crippen molar-refractivity contribution in [2.45, 2.75) is 24.7 Å². The van der Waals surface area contributed by atoms with E-state index in [4.69, 9.17) is 26.5 Å². The third-order valence-corrected chi connectivity index (χ3v) is 7.26. The number of carboxylic acids is 1. The lowest BCUT2D eigenvalue weighted by Gasteiger charge is -2.43. The van der Waals surface area contributed by atoms with Crippen molar-refractivity contribution < 1.29 is 42.0 Å². The van der Waals surface area contributed by atoms with Crippen LogP contribution in [-0.4, -0.2) is 96.3 Å². The highest BCUT2D eigenvalue weighted by Crippen LogP contribution is 2.25. The van der Waals surface area contributed by atoms with Gasteiger partial charge in [0.2, 0.25) is 0 Å². The lowest BCUT2D eigenvalue weighted by molar-refractivity contribution is -0.152. The summed E-state index contributed by atoms with van der Waals surface area (Å²) < 4.78 is 39.8. The molecule has 1 saturated heterocycles. The van der Waals surface area contributed by atoms with Crippen LogP contribution in [0, 0.1) is 5.41 Å². The maximum atomic E-state index is 13.2. The van der Waals surface area contributed by atoms with E-state index in [0.29, 0.717) is 5.56 Å². The molecule has 0 radical (unpaired) electrons. The van der Waals surface area contributed by atoms with E-state index in [1.807, 2.05) is 0 Å². The van der Waals surface area contributed by atoms with Gasteiger partial charge in [-0.1, -0.05) is 5.16 Å². The zero-order valence-electron chi connectivity index (χ0n) is 21.1. The van der Waals surface area contributed by atoms with E-state index in [9.17, 15) is 32.5 Å². The fourth-order valence-electron chi connectivity index (χ4n) is 3.64. The number of hydrogen-bond acceptors (Lipinski definition) is 14. The van der Waals surface area contributed by atoms with E-state index in [1.165, 1.54) is 40.7 Å². The van der Waals surface area contributed by atoms with Gasteiger partial charge in [-0.15, -0.1) is 11.3 Å². The number of amides is 2. The topological polar surface area (TPSA) is 291 Å². The Balaban J connectivity index is 1.52. The number of nitrogen functional groups attached to an aromatic ring is 2. The highest BCUT2D eigenvalue weighted by Gasteiger charge is 2.54. The van der Waals surface area contributed by atoms with Crippen LogP contribution < -0.4 is 21.5 Å². The first-order chi connectivity index (χ1) is 19.8. The Morgan fingerprint density at radius 3 is 2.55 bits per heavy atom. The minimum Gasteiger partial charge on any atom is -0.489 e. The molecule has 0 saturated carbocycles. The fourth-order valence-corrected chi connectivity index (χ4v) is 5.05. The second-order valence-corrected chi connectivity index (χ2v) is 10.6. The number of oxime groups is 1. The highest BCUT2D eigenvalue weighted by molar-refractivity contribution is 7.84. The number of anilines is 1. The molecule has 1 aliphatic heterocycles. The summed E-state index contributed by atoms with van der Waals surface area (Å²) >= 11 is 0.927. The Hall–Kier alpha value is -5.15. The predicted molar refractivity (Wildman–Crippen MR) is 143 cm³/mol. The Morgan fingerprint density at radius 2 is 2.00 bits per heavy atom. The summed E-state index contributed by atoms with van der Waals surface area (Å²) in [6, 6.07) is 3.12. The number of nitrogens with two attached hydrogens (primary N) is 2. The minimum absolute atomic E-state index is 0.0268. The molecule has 2 aromatic heterocycles. The summed E-state index contributed by atoms with van der Waals surface area (Å²) in [6.45, 7) is -0.828. The summed E-state index contributed by atoms with van der Waals surface area (Å²) in [4.78, 5) is 50.4. The van der Waals surface area contributed by atoms with E-state index in [2.05, 4.69) is 25.5 Å². The number of aliphatic carboxylic acids is 1. The number of carbonyl (C=O) groups excluding carboxylic acids is 2. The lowest BCUT2D eigenvalue weighted by atomic mass is 9.98. The van der Waals surface area contributed by atoms with E-state index >= 15 is 0 Å². The number of carbonyl (C=O) groups is 3. The van der Waals surface area contributed by atoms with Crippen molar-refractivity contribution in [1.29, 1.82) is 5.41 Å². The highest BCUT2D eigenvalue weighted by atomic mass is 32.2. The van der Waals surface area contributed by atoms with Crippen molar-refractivity contribution in [3.8, 4) is 5.75 Å². The van der Waals surface area contributed by atoms with Gasteiger partial charge < -0.3 is 31.5 Å². The van der Waals surface area contributed by atoms with Gasteiger partial charge in [0.1, 0.15) is 42.6 Å². The lowest BCUT2D eigenvalue weighted by Crippen LogP contribution is -2.73. The summed E-state index contributed by atoms with van der Waals surface area (Å²) in [5, 5.41) is 28.1. The summed E-state index contributed by atoms with van der Waals surface area (Å²) in [7, 11) is -4.98. The molecule has 222 valence electrons. The van der Waals surface area contributed by atoms with Gasteiger partial charge in [-0.05, 0) is 24.3 Å². The van der Waals surface area contributed by atoms with Gasteiger partial charge in [-0.2, -0.15) is 13.5 Å². The first-order valence-corrected chi connectivity index (χ1v) is 13.8. The molecule has 0 aliphatic carbocycles. The van der Waals surface area contributed by atoms with Crippen molar-refractivity contribution in [3.05, 3.63) is 53.6 Å². The first-order valence-electron chi connectivity index (χ1n) is 11.5. The molecular weight excluding hydrogens is 600 g/mol. The molecule has 8 N–H and O–H groups in total. The summed E-state index contributed by atoms with van der Waals surface area (Å²) in [6.07, 6.45) is 0.662. The molecule has 2 amide bonds. The Kier molecular flexibility index (Phi) is 8.63. The normalized spacial score (nSPS) is 17.7. The Labute approximate surface area is 240 Å². The van der Waals surface area contributed by atoms with Crippen molar-refractivity contribution in [1.82, 2.24) is 29.4 Å². The Morgan fingerprint density at radius 1 is 1.29 bits per heavy atom. The van der Waals surface area contributed by atoms with Crippen LogP contribution in [0.1, 0.15) is 11.3 Å². The molecule has 1 aromatic carbocycles. The number of amidine groups is 1. The molecule has 19 nitrogen and oxygen atoms in total. The monoisotopic (exact) mass is 622 g/mol. The van der Waals surface area contributed by atoms with E-state index in [0.717, 1.165) is 17.7 Å². The van der Waals surface area contributed by atoms with E-state index < -0.39 is 58.6 Å². The van der Waals surface area contributed by atoms with Crippen LogP contribution in [0.2, 0.25) is 0 Å². The quantitative estimate of drug-likeness (QED) is 0.0397. The summed E-state index contributed by atoms with van der Waals surface area (Å²) in [5.74, 6) is -3.68. The Bertz CT molecular complexity index is 1620. The van der Waals surface area contributed by atoms with Crippen molar-refractivity contribution in [2.24, 2.45) is 10.9 Å². The van der Waals surface area contributed by atoms with Crippen LogP contribution in [0.25, 0.3) is 0 Å². The smallest absolute Gasteiger partial charge is 0.362 e. The number of rotatable bonds is 13. The van der Waals surface area contributed by atoms with Gasteiger partial charge in [0.15, 0.2) is 10.8 Å². The van der Waals surface area contributed by atoms with Gasteiger partial charge in [0.25, 0.3) is 17.9 Å². The zero-order valence-corrected chi connectivity index (χ0v) is 22.7. The van der Waals surface area contributed by atoms with Gasteiger partial charge in [0, 0.05) is 10.9 Å². The van der Waals surface area contributed by atoms with Crippen LogP contribution in [-0.2, 0) is 36.1 Å². The third-order valence-electron chi connectivity index (χ3n) is 5.64. The SMILES string of the molecule is N=C(N)c1ccc(OCC(ON=C(C(=O)NC2C(=O)N(S(=O)(=O)O)C2Cn2cncn2)c2csc(N)n2)C(=O)O)cc1. The van der Waals surface area contributed by atoms with Crippen LogP contribution in [0.4, 0.5) is 5.13 Å². The van der Waals surface area contributed by atoms with Gasteiger partial charge in [0.05, 0.1) is 12.6 Å². The number of hydrogen-bond donors (Lipinski definition) is 6. The van der Waals surface area contributed by atoms with Crippen LogP contribution in [0.15, 0.2) is 47.5 Å². The number of β-lactam (4-membered cyclic amide) rings is 1. The number of carboxylic acid groups (broad SMARTS) is 1. The zero-order chi connectivity index (χ0) is 30.6. The predicted octanol–water partition coefficient (Wildman–Crippen LogP) is -1.95. The molecule has 0 spiro atoms. The van der Waals surface area contributed by atoms with E-state index in [-0.39, 0.29) is 33.3 Å². The maximum absolute atomic E-state index is 13.2. The van der Waals surface area contributed by atoms with Gasteiger partial charge in [-0.25, -0.2) is 19.1 Å². The second-order valence-electron chi connectivity index (χ2n) is 8.44. The van der Waals surface area contributed by atoms with Gasteiger partial charge in [-0.3, -0.25) is 24.2 Å². The van der Waals surface area contributed by atoms with Crippen molar-refractivity contribution >= 4 is 56.1 Å². The molecule has 42 heavy (non-hydrogen) atoms. The van der Waals surface area contributed by atoms with Crippen molar-refractivity contribution in [3.63, 3.8) is 0 Å². The summed E-state index contributed by atoms with van der Waals surface area (Å²) in [5.41, 5.74) is 10.8. The average Bonchev–Trinajstić information content (AvgIpc) is 3.60. The number of nitrogens with one attached hydrogen (secondary N) is 2. The van der Waals surface area contributed by atoms with Crippen molar-refractivity contribution in [2.75, 3.05) is 12.3 Å². The molecule has 3 aromatic rings. The van der Waals surface area contributed by atoms with Crippen LogP contribution >= 0.6 is 11.3 Å². The maximum Gasteiger partial charge on any atom is 0.362 e. The fraction of sp³-hybridized carbons (Fsp3) is 0.238. The second kappa shape index (κ2) is 12.2. The number of nitrogens with zero attached hydrogens (tertiary/aromatic N) is 6. The number of thiazole rings is 1. The van der Waals surface area contributed by atoms with Crippen LogP contribution in [0.5, 0.6) is 5.75 Å².